The summed E-state index contributed by atoms with van der Waals surface area (Å²) in [5, 5.41) is 12.0. The molecule has 0 aliphatic carbocycles. The van der Waals surface area contributed by atoms with Gasteiger partial charge in [-0.1, -0.05) is 63.2 Å². The van der Waals surface area contributed by atoms with Crippen molar-refractivity contribution in [2.24, 2.45) is 5.41 Å². The van der Waals surface area contributed by atoms with Gasteiger partial charge in [-0.15, -0.1) is 0 Å². The van der Waals surface area contributed by atoms with E-state index >= 15 is 0 Å². The number of hydrogen-bond donors (Lipinski definition) is 3. The SMILES string of the molecule is CN[C@@H](C)C(=O)N[C@H](C(=O)N1CCC[C@H]1CNCc1cccc2ccccc12)C(C)(C)C. The first-order valence-corrected chi connectivity index (χ1v) is 11.7. The summed E-state index contributed by atoms with van der Waals surface area (Å²) in [5.41, 5.74) is 0.892. The second kappa shape index (κ2) is 10.5. The minimum atomic E-state index is -0.551. The summed E-state index contributed by atoms with van der Waals surface area (Å²) in [6, 6.07) is 14.0. The number of amides is 2. The Labute approximate surface area is 192 Å². The predicted molar refractivity (Wildman–Crippen MR) is 130 cm³/mol. The molecule has 2 aromatic rings. The van der Waals surface area contributed by atoms with Crippen LogP contribution in [0.5, 0.6) is 0 Å². The summed E-state index contributed by atoms with van der Waals surface area (Å²) in [5.74, 6) is -0.130. The van der Waals surface area contributed by atoms with Crippen molar-refractivity contribution in [1.82, 2.24) is 20.9 Å². The number of hydrogen-bond acceptors (Lipinski definition) is 4. The fraction of sp³-hybridized carbons (Fsp3) is 0.538. The van der Waals surface area contributed by atoms with Crippen molar-refractivity contribution >= 4 is 22.6 Å². The van der Waals surface area contributed by atoms with Gasteiger partial charge in [0.05, 0.1) is 6.04 Å². The number of nitrogens with zero attached hydrogens (tertiary/aromatic N) is 1. The summed E-state index contributed by atoms with van der Waals surface area (Å²) < 4.78 is 0. The van der Waals surface area contributed by atoms with E-state index in [1.807, 2.05) is 25.7 Å². The summed E-state index contributed by atoms with van der Waals surface area (Å²) in [6.07, 6.45) is 1.97. The zero-order chi connectivity index (χ0) is 23.3. The Bertz CT molecular complexity index is 932. The van der Waals surface area contributed by atoms with Crippen LogP contribution in [-0.2, 0) is 16.1 Å². The first-order valence-electron chi connectivity index (χ1n) is 11.7. The lowest BCUT2D eigenvalue weighted by Crippen LogP contribution is -2.58. The normalized spacial score (nSPS) is 18.5. The Hall–Kier alpha value is -2.44. The molecule has 0 bridgehead atoms. The molecule has 1 heterocycles. The Morgan fingerprint density at radius 2 is 1.84 bits per heavy atom. The molecule has 2 aromatic carbocycles. The molecule has 3 atom stereocenters. The van der Waals surface area contributed by atoms with E-state index in [-0.39, 0.29) is 29.3 Å². The third-order valence-corrected chi connectivity index (χ3v) is 6.46. The van der Waals surface area contributed by atoms with Gasteiger partial charge in [-0.3, -0.25) is 9.59 Å². The number of nitrogens with one attached hydrogen (secondary N) is 3. The zero-order valence-electron chi connectivity index (χ0n) is 20.1. The molecule has 6 heteroatoms. The van der Waals surface area contributed by atoms with Crippen molar-refractivity contribution in [2.45, 2.75) is 65.2 Å². The van der Waals surface area contributed by atoms with Crippen LogP contribution in [0.2, 0.25) is 0 Å². The molecule has 0 radical (unpaired) electrons. The predicted octanol–water partition coefficient (Wildman–Crippen LogP) is 3.06. The minimum absolute atomic E-state index is 0.0172. The molecule has 6 nitrogen and oxygen atoms in total. The molecule has 1 aliphatic rings. The van der Waals surface area contributed by atoms with E-state index in [0.29, 0.717) is 0 Å². The largest absolute Gasteiger partial charge is 0.342 e. The number of likely N-dealkylation sites (tertiary alicyclic amines) is 1. The maximum absolute atomic E-state index is 13.5. The van der Waals surface area contributed by atoms with Crippen molar-refractivity contribution in [3.05, 3.63) is 48.0 Å². The molecule has 174 valence electrons. The van der Waals surface area contributed by atoms with Crippen molar-refractivity contribution in [3.8, 4) is 0 Å². The Kier molecular flexibility index (Phi) is 7.91. The van der Waals surface area contributed by atoms with Crippen LogP contribution in [0.25, 0.3) is 10.8 Å². The quantitative estimate of drug-likeness (QED) is 0.592. The van der Waals surface area contributed by atoms with Gasteiger partial charge in [0.2, 0.25) is 11.8 Å². The lowest BCUT2D eigenvalue weighted by Gasteiger charge is -2.36. The molecule has 0 saturated carbocycles. The number of benzene rings is 2. The standard InChI is InChI=1S/C26H38N4O2/c1-18(27-5)24(31)29-23(26(2,3)4)25(32)30-15-9-13-21(30)17-28-16-20-12-8-11-19-10-6-7-14-22(19)20/h6-8,10-12,14,18,21,23,27-28H,9,13,15-17H2,1-5H3,(H,29,31)/t18-,21-,23+/m0/s1. The number of carbonyl (C=O) groups excluding carboxylic acids is 2. The number of likely N-dealkylation sites (N-methyl/N-ethyl adjacent to an activating group) is 1. The second-order valence-electron chi connectivity index (χ2n) is 9.91. The lowest BCUT2D eigenvalue weighted by molar-refractivity contribution is -0.140. The first-order chi connectivity index (χ1) is 15.2. The van der Waals surface area contributed by atoms with Crippen LogP contribution in [0.3, 0.4) is 0 Å². The summed E-state index contributed by atoms with van der Waals surface area (Å²) >= 11 is 0. The highest BCUT2D eigenvalue weighted by atomic mass is 16.2. The van der Waals surface area contributed by atoms with E-state index in [4.69, 9.17) is 0 Å². The van der Waals surface area contributed by atoms with Gasteiger partial charge < -0.3 is 20.9 Å². The molecule has 3 N–H and O–H groups in total. The average Bonchev–Trinajstić information content (AvgIpc) is 3.24. The Morgan fingerprint density at radius 3 is 2.56 bits per heavy atom. The van der Waals surface area contributed by atoms with E-state index in [9.17, 15) is 9.59 Å². The lowest BCUT2D eigenvalue weighted by atomic mass is 9.85. The van der Waals surface area contributed by atoms with Crippen LogP contribution in [0.4, 0.5) is 0 Å². The molecular formula is C26H38N4O2. The zero-order valence-corrected chi connectivity index (χ0v) is 20.1. The minimum Gasteiger partial charge on any atom is -0.342 e. The topological polar surface area (TPSA) is 73.5 Å². The maximum Gasteiger partial charge on any atom is 0.245 e. The van der Waals surface area contributed by atoms with Crippen LogP contribution >= 0.6 is 0 Å². The smallest absolute Gasteiger partial charge is 0.245 e. The molecule has 1 saturated heterocycles. The molecule has 0 spiro atoms. The number of fused-ring (bicyclic) bond motifs is 1. The monoisotopic (exact) mass is 438 g/mol. The van der Waals surface area contributed by atoms with Gasteiger partial charge in [0.15, 0.2) is 0 Å². The number of rotatable bonds is 8. The van der Waals surface area contributed by atoms with Gasteiger partial charge in [-0.2, -0.15) is 0 Å². The van der Waals surface area contributed by atoms with E-state index in [1.165, 1.54) is 16.3 Å². The van der Waals surface area contributed by atoms with Crippen LogP contribution < -0.4 is 16.0 Å². The summed E-state index contributed by atoms with van der Waals surface area (Å²) in [4.78, 5) is 28.0. The third kappa shape index (κ3) is 5.67. The molecule has 1 aliphatic heterocycles. The highest BCUT2D eigenvalue weighted by molar-refractivity contribution is 5.90. The molecule has 32 heavy (non-hydrogen) atoms. The van der Waals surface area contributed by atoms with Gasteiger partial charge in [0.1, 0.15) is 6.04 Å². The first kappa shape index (κ1) is 24.2. The summed E-state index contributed by atoms with van der Waals surface area (Å²) in [6.45, 7) is 10.1. The Balaban J connectivity index is 1.65. The molecule has 2 amide bonds. The molecule has 3 rings (SSSR count). The fourth-order valence-electron chi connectivity index (χ4n) is 4.37. The molecular weight excluding hydrogens is 400 g/mol. The fourth-order valence-corrected chi connectivity index (χ4v) is 4.37. The van der Waals surface area contributed by atoms with Crippen LogP contribution in [0.15, 0.2) is 42.5 Å². The van der Waals surface area contributed by atoms with Crippen LogP contribution in [0.1, 0.15) is 46.1 Å². The van der Waals surface area contributed by atoms with Gasteiger partial charge in [-0.25, -0.2) is 0 Å². The van der Waals surface area contributed by atoms with E-state index in [2.05, 4.69) is 58.4 Å². The molecule has 0 unspecified atom stereocenters. The van der Waals surface area contributed by atoms with Crippen molar-refractivity contribution in [1.29, 1.82) is 0 Å². The molecule has 0 aromatic heterocycles. The van der Waals surface area contributed by atoms with Gasteiger partial charge >= 0.3 is 0 Å². The van der Waals surface area contributed by atoms with E-state index < -0.39 is 6.04 Å². The summed E-state index contributed by atoms with van der Waals surface area (Å²) in [7, 11) is 1.75. The second-order valence-corrected chi connectivity index (χ2v) is 9.91. The van der Waals surface area contributed by atoms with E-state index in [0.717, 1.165) is 32.5 Å². The van der Waals surface area contributed by atoms with Crippen LogP contribution in [-0.4, -0.2) is 55.0 Å². The van der Waals surface area contributed by atoms with Crippen molar-refractivity contribution < 1.29 is 9.59 Å². The van der Waals surface area contributed by atoms with Gasteiger partial charge in [0, 0.05) is 25.7 Å². The highest BCUT2D eigenvalue weighted by Gasteiger charge is 2.39. The van der Waals surface area contributed by atoms with E-state index in [1.54, 1.807) is 14.0 Å². The van der Waals surface area contributed by atoms with Crippen molar-refractivity contribution in [2.75, 3.05) is 20.1 Å². The average molecular weight is 439 g/mol. The highest BCUT2D eigenvalue weighted by Crippen LogP contribution is 2.26. The third-order valence-electron chi connectivity index (χ3n) is 6.46. The van der Waals surface area contributed by atoms with Crippen molar-refractivity contribution in [3.63, 3.8) is 0 Å². The van der Waals surface area contributed by atoms with Gasteiger partial charge in [-0.05, 0) is 48.6 Å². The molecule has 1 fully saturated rings. The Morgan fingerprint density at radius 1 is 1.12 bits per heavy atom. The van der Waals surface area contributed by atoms with Gasteiger partial charge in [0.25, 0.3) is 0 Å². The maximum atomic E-state index is 13.5. The van der Waals surface area contributed by atoms with Crippen LogP contribution in [0, 0.1) is 5.41 Å². The number of carbonyl (C=O) groups is 2.